The first kappa shape index (κ1) is 14.1. The summed E-state index contributed by atoms with van der Waals surface area (Å²) in [5, 5.41) is 2.58. The van der Waals surface area contributed by atoms with Crippen molar-refractivity contribution in [2.75, 3.05) is 6.54 Å². The summed E-state index contributed by atoms with van der Waals surface area (Å²) in [5.74, 6) is -0.468. The van der Waals surface area contributed by atoms with E-state index in [2.05, 4.69) is 5.32 Å². The first-order chi connectivity index (χ1) is 10.5. The molecule has 3 amide bonds. The first-order valence-electron chi connectivity index (χ1n) is 6.79. The summed E-state index contributed by atoms with van der Waals surface area (Å²) >= 11 is 0. The molecule has 1 aliphatic rings. The van der Waals surface area contributed by atoms with E-state index in [9.17, 15) is 14.4 Å². The fraction of sp³-hybridized carbons (Fsp3) is 0.188. The Hall–Kier alpha value is -2.89. The van der Waals surface area contributed by atoms with Crippen molar-refractivity contribution in [2.24, 2.45) is 0 Å². The van der Waals surface area contributed by atoms with Crippen molar-refractivity contribution in [3.8, 4) is 0 Å². The highest BCUT2D eigenvalue weighted by molar-refractivity contribution is 6.11. The van der Waals surface area contributed by atoms with Gasteiger partial charge in [0.1, 0.15) is 5.76 Å². The number of furan rings is 1. The molecule has 6 nitrogen and oxygen atoms in total. The predicted octanol–water partition coefficient (Wildman–Crippen LogP) is 1.93. The van der Waals surface area contributed by atoms with Gasteiger partial charge in [-0.25, -0.2) is 4.79 Å². The molecule has 1 N–H and O–H groups in total. The Morgan fingerprint density at radius 2 is 1.91 bits per heavy atom. The largest absolute Gasteiger partial charge is 0.466 e. The fourth-order valence-electron chi connectivity index (χ4n) is 2.43. The van der Waals surface area contributed by atoms with Gasteiger partial charge in [-0.2, -0.15) is 0 Å². The van der Waals surface area contributed by atoms with Crippen molar-refractivity contribution in [3.05, 3.63) is 60.1 Å². The van der Waals surface area contributed by atoms with Gasteiger partial charge in [-0.15, -0.1) is 0 Å². The lowest BCUT2D eigenvalue weighted by molar-refractivity contribution is -0.131. The molecule has 6 heteroatoms. The van der Waals surface area contributed by atoms with Crippen LogP contribution in [0.25, 0.3) is 0 Å². The molecule has 0 unspecified atom stereocenters. The number of benzene rings is 1. The normalized spacial score (nSPS) is 21.0. The molecule has 0 radical (unpaired) electrons. The molecule has 1 fully saturated rings. The molecule has 0 aliphatic carbocycles. The summed E-state index contributed by atoms with van der Waals surface area (Å²) in [5.41, 5.74) is -0.827. The highest BCUT2D eigenvalue weighted by Gasteiger charge is 2.51. The van der Waals surface area contributed by atoms with E-state index >= 15 is 0 Å². The second kappa shape index (κ2) is 5.14. The van der Waals surface area contributed by atoms with Crippen LogP contribution in [0.4, 0.5) is 4.79 Å². The molecule has 112 valence electrons. The molecule has 1 saturated heterocycles. The van der Waals surface area contributed by atoms with Gasteiger partial charge in [0.05, 0.1) is 12.8 Å². The number of ketones is 1. The topological polar surface area (TPSA) is 79.6 Å². The fourth-order valence-corrected chi connectivity index (χ4v) is 2.43. The standard InChI is InChI=1S/C16H14N2O4/c1-16(13-8-5-9-22-13)14(20)18(15(21)17-16)10-12(19)11-6-3-2-4-7-11/h2-9H,10H2,1H3,(H,17,21)/t16-/m0/s1. The number of hydrogen-bond acceptors (Lipinski definition) is 4. The van der Waals surface area contributed by atoms with Crippen molar-refractivity contribution in [3.63, 3.8) is 0 Å². The molecule has 1 aliphatic heterocycles. The third-order valence-corrected chi connectivity index (χ3v) is 3.69. The monoisotopic (exact) mass is 298 g/mol. The quantitative estimate of drug-likeness (QED) is 0.691. The van der Waals surface area contributed by atoms with E-state index in [4.69, 9.17) is 4.42 Å². The lowest BCUT2D eigenvalue weighted by atomic mass is 9.99. The second-order valence-electron chi connectivity index (χ2n) is 5.21. The van der Waals surface area contributed by atoms with Gasteiger partial charge in [-0.05, 0) is 19.1 Å². The summed E-state index contributed by atoms with van der Waals surface area (Å²) < 4.78 is 5.23. The Labute approximate surface area is 126 Å². The number of carbonyl (C=O) groups is 3. The summed E-state index contributed by atoms with van der Waals surface area (Å²) in [6, 6.07) is 11.2. The van der Waals surface area contributed by atoms with Gasteiger partial charge in [0, 0.05) is 5.56 Å². The predicted molar refractivity (Wildman–Crippen MR) is 77.1 cm³/mol. The molecule has 0 spiro atoms. The van der Waals surface area contributed by atoms with Crippen LogP contribution in [-0.4, -0.2) is 29.2 Å². The number of carbonyl (C=O) groups excluding carboxylic acids is 3. The number of urea groups is 1. The van der Waals surface area contributed by atoms with Crippen LogP contribution in [0.3, 0.4) is 0 Å². The van der Waals surface area contributed by atoms with Gasteiger partial charge < -0.3 is 9.73 Å². The highest BCUT2D eigenvalue weighted by atomic mass is 16.3. The van der Waals surface area contributed by atoms with E-state index in [1.165, 1.54) is 6.26 Å². The Bertz CT molecular complexity index is 724. The Morgan fingerprint density at radius 1 is 1.18 bits per heavy atom. The number of nitrogens with zero attached hydrogens (tertiary/aromatic N) is 1. The smallest absolute Gasteiger partial charge is 0.325 e. The first-order valence-corrected chi connectivity index (χ1v) is 6.79. The van der Waals surface area contributed by atoms with E-state index in [0.717, 1.165) is 4.90 Å². The number of imide groups is 1. The van der Waals surface area contributed by atoms with Crippen LogP contribution in [0.1, 0.15) is 23.0 Å². The molecule has 0 bridgehead atoms. The summed E-state index contributed by atoms with van der Waals surface area (Å²) in [6.45, 7) is 1.25. The number of rotatable bonds is 4. The van der Waals surface area contributed by atoms with Crippen LogP contribution in [0, 0.1) is 0 Å². The molecule has 1 aromatic carbocycles. The summed E-state index contributed by atoms with van der Waals surface area (Å²) in [6.07, 6.45) is 1.43. The minimum atomic E-state index is -1.28. The SMILES string of the molecule is C[C@@]1(c2ccco2)NC(=O)N(CC(=O)c2ccccc2)C1=O. The number of amides is 3. The molecule has 3 rings (SSSR count). The van der Waals surface area contributed by atoms with Crippen LogP contribution >= 0.6 is 0 Å². The third-order valence-electron chi connectivity index (χ3n) is 3.69. The maximum atomic E-state index is 12.5. The number of Topliss-reactive ketones (excluding diaryl/α,β-unsaturated/α-hetero) is 1. The molecule has 0 saturated carbocycles. The van der Waals surface area contributed by atoms with Crippen molar-refractivity contribution in [2.45, 2.75) is 12.5 Å². The van der Waals surface area contributed by atoms with E-state index in [1.807, 2.05) is 0 Å². The van der Waals surface area contributed by atoms with Crippen LogP contribution in [0.2, 0.25) is 0 Å². The van der Waals surface area contributed by atoms with Crippen molar-refractivity contribution in [1.82, 2.24) is 10.2 Å². The highest BCUT2D eigenvalue weighted by Crippen LogP contribution is 2.29. The molecular weight excluding hydrogens is 284 g/mol. The maximum Gasteiger partial charge on any atom is 0.325 e. The average Bonchev–Trinajstić information content (AvgIpc) is 3.13. The third kappa shape index (κ3) is 2.18. The van der Waals surface area contributed by atoms with E-state index in [1.54, 1.807) is 49.4 Å². The van der Waals surface area contributed by atoms with Crippen LogP contribution in [0.15, 0.2) is 53.1 Å². The molecular formula is C16H14N2O4. The van der Waals surface area contributed by atoms with Gasteiger partial charge in [-0.3, -0.25) is 14.5 Å². The number of nitrogens with one attached hydrogen (secondary N) is 1. The van der Waals surface area contributed by atoms with Crippen molar-refractivity contribution in [1.29, 1.82) is 0 Å². The summed E-state index contributed by atoms with van der Waals surface area (Å²) in [7, 11) is 0. The van der Waals surface area contributed by atoms with Gasteiger partial charge in [0.2, 0.25) is 0 Å². The molecule has 2 aromatic rings. The Kier molecular flexibility index (Phi) is 3.29. The number of hydrogen-bond donors (Lipinski definition) is 1. The molecule has 2 heterocycles. The maximum absolute atomic E-state index is 12.5. The zero-order valence-corrected chi connectivity index (χ0v) is 11.9. The minimum absolute atomic E-state index is 0.298. The van der Waals surface area contributed by atoms with Crippen LogP contribution in [0.5, 0.6) is 0 Å². The Morgan fingerprint density at radius 3 is 2.55 bits per heavy atom. The molecule has 1 aromatic heterocycles. The minimum Gasteiger partial charge on any atom is -0.466 e. The van der Waals surface area contributed by atoms with E-state index in [0.29, 0.717) is 11.3 Å². The second-order valence-corrected chi connectivity index (χ2v) is 5.21. The lowest BCUT2D eigenvalue weighted by Gasteiger charge is -2.18. The molecule has 22 heavy (non-hydrogen) atoms. The van der Waals surface area contributed by atoms with Crippen molar-refractivity contribution >= 4 is 17.7 Å². The van der Waals surface area contributed by atoms with E-state index < -0.39 is 17.5 Å². The zero-order chi connectivity index (χ0) is 15.7. The molecule has 1 atom stereocenters. The van der Waals surface area contributed by atoms with Gasteiger partial charge in [0.15, 0.2) is 11.3 Å². The van der Waals surface area contributed by atoms with Gasteiger partial charge in [0.25, 0.3) is 5.91 Å². The van der Waals surface area contributed by atoms with Gasteiger partial charge in [-0.1, -0.05) is 30.3 Å². The zero-order valence-electron chi connectivity index (χ0n) is 11.9. The summed E-state index contributed by atoms with van der Waals surface area (Å²) in [4.78, 5) is 37.7. The Balaban J connectivity index is 1.82. The van der Waals surface area contributed by atoms with Crippen molar-refractivity contribution < 1.29 is 18.8 Å². The van der Waals surface area contributed by atoms with E-state index in [-0.39, 0.29) is 12.3 Å². The van der Waals surface area contributed by atoms with Crippen LogP contribution in [-0.2, 0) is 10.3 Å². The van der Waals surface area contributed by atoms with Gasteiger partial charge >= 0.3 is 6.03 Å². The van der Waals surface area contributed by atoms with Crippen LogP contribution < -0.4 is 5.32 Å². The average molecular weight is 298 g/mol. The lowest BCUT2D eigenvalue weighted by Crippen LogP contribution is -2.41.